The van der Waals surface area contributed by atoms with Crippen molar-refractivity contribution >= 4 is 38.0 Å². The summed E-state index contributed by atoms with van der Waals surface area (Å²) in [5, 5.41) is 12.0. The van der Waals surface area contributed by atoms with Crippen LogP contribution in [0.5, 0.6) is 0 Å². The van der Waals surface area contributed by atoms with Crippen LogP contribution in [0, 0.1) is 18.3 Å². The number of hydrogen-bond donors (Lipinski definition) is 1. The predicted molar refractivity (Wildman–Crippen MR) is 120 cm³/mol. The molecule has 0 saturated carbocycles. The van der Waals surface area contributed by atoms with Gasteiger partial charge in [0.1, 0.15) is 16.0 Å². The number of sulfonamides is 1. The molecule has 4 rings (SSSR count). The lowest BCUT2D eigenvalue weighted by Crippen LogP contribution is -2.21. The van der Waals surface area contributed by atoms with E-state index in [1.165, 1.54) is 6.07 Å². The zero-order chi connectivity index (χ0) is 22.0. The molecule has 9 heteroatoms. The van der Waals surface area contributed by atoms with E-state index in [4.69, 9.17) is 0 Å². The largest absolute Gasteiger partial charge is 0.309 e. The molecule has 0 aliphatic carbocycles. The van der Waals surface area contributed by atoms with Crippen molar-refractivity contribution in [2.75, 3.05) is 0 Å². The fourth-order valence-electron chi connectivity index (χ4n) is 3.12. The van der Waals surface area contributed by atoms with Crippen LogP contribution in [0.15, 0.2) is 79.4 Å². The number of nitrogens with one attached hydrogen (secondary N) is 1. The number of hydrogen-bond acceptors (Lipinski definition) is 6. The Hall–Kier alpha value is -3.61. The SMILES string of the molecule is Cc1ccc2nc(C(C#N)/C(=N/S(=O)(=O)c3cccs3)c3ccccc3)[nH]c(=O)c2c1. The highest BCUT2D eigenvalue weighted by Crippen LogP contribution is 2.25. The molecule has 0 aliphatic heterocycles. The van der Waals surface area contributed by atoms with Crippen LogP contribution >= 0.6 is 11.3 Å². The Morgan fingerprint density at radius 1 is 1.16 bits per heavy atom. The Labute approximate surface area is 182 Å². The fourth-order valence-corrected chi connectivity index (χ4v) is 5.15. The van der Waals surface area contributed by atoms with Gasteiger partial charge in [-0.1, -0.05) is 48.0 Å². The summed E-state index contributed by atoms with van der Waals surface area (Å²) in [6.45, 7) is 1.86. The Balaban J connectivity index is 1.93. The maximum atomic E-state index is 12.9. The van der Waals surface area contributed by atoms with Gasteiger partial charge in [0.05, 0.1) is 22.7 Å². The molecule has 0 fully saturated rings. The summed E-state index contributed by atoms with van der Waals surface area (Å²) in [5.74, 6) is -1.16. The van der Waals surface area contributed by atoms with Crippen LogP contribution in [0.3, 0.4) is 0 Å². The second kappa shape index (κ2) is 8.26. The molecule has 0 spiro atoms. The number of thiophene rings is 1. The molecule has 0 saturated heterocycles. The summed E-state index contributed by atoms with van der Waals surface area (Å²) >= 11 is 1.04. The van der Waals surface area contributed by atoms with E-state index in [0.717, 1.165) is 16.9 Å². The highest BCUT2D eigenvalue weighted by atomic mass is 32.2. The molecule has 31 heavy (non-hydrogen) atoms. The quantitative estimate of drug-likeness (QED) is 0.467. The van der Waals surface area contributed by atoms with E-state index in [0.29, 0.717) is 16.5 Å². The molecule has 2 heterocycles. The lowest BCUT2D eigenvalue weighted by Gasteiger charge is -2.13. The van der Waals surface area contributed by atoms with Crippen molar-refractivity contribution in [1.82, 2.24) is 9.97 Å². The molecule has 1 atom stereocenters. The molecule has 0 bridgehead atoms. The van der Waals surface area contributed by atoms with Gasteiger partial charge in [-0.2, -0.15) is 18.1 Å². The van der Waals surface area contributed by atoms with Crippen molar-refractivity contribution in [3.8, 4) is 6.07 Å². The smallest absolute Gasteiger partial charge is 0.292 e. The number of rotatable bonds is 5. The predicted octanol–water partition coefficient (Wildman–Crippen LogP) is 3.78. The first-order chi connectivity index (χ1) is 14.9. The van der Waals surface area contributed by atoms with Crippen molar-refractivity contribution in [3.63, 3.8) is 0 Å². The molecule has 1 unspecified atom stereocenters. The van der Waals surface area contributed by atoms with Gasteiger partial charge < -0.3 is 4.98 Å². The highest BCUT2D eigenvalue weighted by Gasteiger charge is 2.26. The first-order valence-electron chi connectivity index (χ1n) is 9.23. The summed E-state index contributed by atoms with van der Waals surface area (Å²) in [4.78, 5) is 19.7. The molecule has 0 radical (unpaired) electrons. The topological polar surface area (TPSA) is 116 Å². The zero-order valence-corrected chi connectivity index (χ0v) is 17.9. The number of nitriles is 1. The van der Waals surface area contributed by atoms with Gasteiger partial charge in [0.15, 0.2) is 0 Å². The van der Waals surface area contributed by atoms with Gasteiger partial charge in [-0.25, -0.2) is 4.98 Å². The average Bonchev–Trinajstić information content (AvgIpc) is 3.31. The second-order valence-corrected chi connectivity index (χ2v) is 9.56. The second-order valence-electron chi connectivity index (χ2n) is 6.78. The third-order valence-electron chi connectivity index (χ3n) is 4.59. The van der Waals surface area contributed by atoms with Gasteiger partial charge in [-0.05, 0) is 36.1 Å². The molecule has 0 amide bonds. The van der Waals surface area contributed by atoms with E-state index in [9.17, 15) is 18.5 Å². The van der Waals surface area contributed by atoms with Gasteiger partial charge in [-0.15, -0.1) is 11.3 Å². The van der Waals surface area contributed by atoms with Crippen LogP contribution in [-0.4, -0.2) is 24.1 Å². The third-order valence-corrected chi connectivity index (χ3v) is 7.26. The van der Waals surface area contributed by atoms with Gasteiger partial charge in [-0.3, -0.25) is 4.79 Å². The molecule has 2 aromatic carbocycles. The first kappa shape index (κ1) is 20.7. The number of aryl methyl sites for hydroxylation is 1. The number of H-pyrrole nitrogens is 1. The normalized spacial score (nSPS) is 13.1. The van der Waals surface area contributed by atoms with E-state index >= 15 is 0 Å². The molecule has 4 aromatic rings. The molecular formula is C22H16N4O3S2. The minimum Gasteiger partial charge on any atom is -0.309 e. The van der Waals surface area contributed by atoms with E-state index < -0.39 is 21.5 Å². The fraction of sp³-hybridized carbons (Fsp3) is 0.0909. The molecule has 1 N–H and O–H groups in total. The minimum absolute atomic E-state index is 0.00823. The summed E-state index contributed by atoms with van der Waals surface area (Å²) < 4.78 is 29.8. The lowest BCUT2D eigenvalue weighted by molar-refractivity contribution is 0.600. The molecule has 154 valence electrons. The van der Waals surface area contributed by atoms with Crippen LogP contribution in [0.25, 0.3) is 10.9 Å². The number of benzene rings is 2. The zero-order valence-electron chi connectivity index (χ0n) is 16.3. The maximum absolute atomic E-state index is 12.9. The average molecular weight is 449 g/mol. The minimum atomic E-state index is -4.05. The number of fused-ring (bicyclic) bond motifs is 1. The van der Waals surface area contributed by atoms with Crippen LogP contribution < -0.4 is 5.56 Å². The van der Waals surface area contributed by atoms with Crippen LogP contribution in [0.4, 0.5) is 0 Å². The Kier molecular flexibility index (Phi) is 5.50. The Morgan fingerprint density at radius 3 is 2.61 bits per heavy atom. The van der Waals surface area contributed by atoms with Gasteiger partial charge in [0.25, 0.3) is 15.6 Å². The standard InChI is InChI=1S/C22H16N4O3S2/c1-14-9-10-18-16(12-14)22(27)25-21(24-18)17(13-23)20(15-6-3-2-4-7-15)26-31(28,29)19-8-5-11-30-19/h2-12,17H,1H3,(H,24,25,27)/b26-20+. The van der Waals surface area contributed by atoms with E-state index in [2.05, 4.69) is 20.4 Å². The molecule has 0 aliphatic rings. The first-order valence-corrected chi connectivity index (χ1v) is 11.5. The molecule has 7 nitrogen and oxygen atoms in total. The lowest BCUT2D eigenvalue weighted by atomic mass is 9.97. The van der Waals surface area contributed by atoms with Crippen LogP contribution in [-0.2, 0) is 10.0 Å². The van der Waals surface area contributed by atoms with Gasteiger partial charge >= 0.3 is 0 Å². The number of aromatic nitrogens is 2. The van der Waals surface area contributed by atoms with Crippen molar-refractivity contribution in [2.24, 2.45) is 4.40 Å². The summed E-state index contributed by atoms with van der Waals surface area (Å²) in [6, 6.07) is 18.9. The third kappa shape index (κ3) is 4.17. The van der Waals surface area contributed by atoms with Crippen molar-refractivity contribution in [1.29, 1.82) is 5.26 Å². The van der Waals surface area contributed by atoms with Crippen molar-refractivity contribution in [2.45, 2.75) is 17.1 Å². The van der Waals surface area contributed by atoms with Crippen LogP contribution in [0.2, 0.25) is 0 Å². The van der Waals surface area contributed by atoms with Crippen LogP contribution in [0.1, 0.15) is 22.9 Å². The van der Waals surface area contributed by atoms with E-state index in [-0.39, 0.29) is 15.7 Å². The molecule has 2 aromatic heterocycles. The van der Waals surface area contributed by atoms with Gasteiger partial charge in [0, 0.05) is 0 Å². The molecular weight excluding hydrogens is 432 g/mol. The van der Waals surface area contributed by atoms with Gasteiger partial charge in [0.2, 0.25) is 0 Å². The maximum Gasteiger partial charge on any atom is 0.292 e. The Bertz CT molecular complexity index is 1480. The Morgan fingerprint density at radius 2 is 1.94 bits per heavy atom. The summed E-state index contributed by atoms with van der Waals surface area (Å²) in [6.07, 6.45) is 0. The van der Waals surface area contributed by atoms with E-state index in [1.54, 1.807) is 53.9 Å². The summed E-state index contributed by atoms with van der Waals surface area (Å²) in [5.41, 5.74) is 1.35. The highest BCUT2D eigenvalue weighted by molar-refractivity contribution is 7.92. The van der Waals surface area contributed by atoms with E-state index in [1.807, 2.05) is 13.0 Å². The van der Waals surface area contributed by atoms with Crippen molar-refractivity contribution in [3.05, 3.63) is 93.3 Å². The summed E-state index contributed by atoms with van der Waals surface area (Å²) in [7, 11) is -4.05. The number of nitrogens with zero attached hydrogens (tertiary/aromatic N) is 3. The number of aromatic amines is 1. The monoisotopic (exact) mass is 448 g/mol. The van der Waals surface area contributed by atoms with Crippen molar-refractivity contribution < 1.29 is 8.42 Å².